The number of hydrogen-bond donors (Lipinski definition) is 0. The minimum atomic E-state index is 0.839. The van der Waals surface area contributed by atoms with Crippen molar-refractivity contribution >= 4 is 0 Å². The van der Waals surface area contributed by atoms with Crippen LogP contribution in [0.1, 0.15) is 12.5 Å². The fourth-order valence-electron chi connectivity index (χ4n) is 1.23. The maximum Gasteiger partial charge on any atom is 0.250 e. The number of benzene rings is 1. The van der Waals surface area contributed by atoms with Gasteiger partial charge in [0.15, 0.2) is 5.21 Å². The molecule has 1 aromatic heterocycles. The predicted octanol–water partition coefficient (Wildman–Crippen LogP) is 0.883. The monoisotopic (exact) mass is 189 g/mol. The molecule has 1 heterocycles. The second-order valence-electron chi connectivity index (χ2n) is 3.23. The van der Waals surface area contributed by atoms with Crippen LogP contribution in [-0.2, 0) is 6.54 Å². The molecule has 2 aromatic rings. The summed E-state index contributed by atoms with van der Waals surface area (Å²) in [4.78, 5) is 0. The fourth-order valence-corrected chi connectivity index (χ4v) is 1.23. The number of aryl methyl sites for hydroxylation is 2. The molecule has 0 aliphatic carbocycles. The maximum atomic E-state index is 4.02. The molecule has 0 fully saturated rings. The molecule has 0 aliphatic rings. The van der Waals surface area contributed by atoms with Crippen molar-refractivity contribution in [2.24, 2.45) is 0 Å². The van der Waals surface area contributed by atoms with Crippen LogP contribution in [0.5, 0.6) is 0 Å². The zero-order valence-electron chi connectivity index (χ0n) is 8.38. The number of tetrazole rings is 1. The molecule has 0 unspecified atom stereocenters. The molecule has 14 heavy (non-hydrogen) atoms. The Morgan fingerprint density at radius 2 is 2.00 bits per heavy atom. The van der Waals surface area contributed by atoms with E-state index in [-0.39, 0.29) is 0 Å². The highest BCUT2D eigenvalue weighted by Gasteiger charge is 2.07. The van der Waals surface area contributed by atoms with Crippen molar-refractivity contribution in [2.45, 2.75) is 20.4 Å². The summed E-state index contributed by atoms with van der Waals surface area (Å²) in [6.07, 6.45) is 1.88. The zero-order valence-corrected chi connectivity index (χ0v) is 8.38. The molecule has 0 radical (unpaired) electrons. The molecule has 4 nitrogen and oxygen atoms in total. The van der Waals surface area contributed by atoms with Gasteiger partial charge in [0.05, 0.1) is 6.54 Å². The van der Waals surface area contributed by atoms with Crippen molar-refractivity contribution in [1.29, 1.82) is 0 Å². The van der Waals surface area contributed by atoms with Crippen LogP contribution in [0.3, 0.4) is 0 Å². The number of nitrogens with zero attached hydrogens (tertiary/aromatic N) is 4. The molecule has 72 valence electrons. The largest absolute Gasteiger partial charge is 0.250 e. The van der Waals surface area contributed by atoms with E-state index in [4.69, 9.17) is 0 Å². The molecule has 4 heteroatoms. The summed E-state index contributed by atoms with van der Waals surface area (Å²) in [5.74, 6) is 0. The van der Waals surface area contributed by atoms with Gasteiger partial charge in [0.1, 0.15) is 10.9 Å². The molecule has 0 spiro atoms. The topological polar surface area (TPSA) is 34.6 Å². The van der Waals surface area contributed by atoms with Crippen LogP contribution in [0.4, 0.5) is 0 Å². The van der Waals surface area contributed by atoms with Crippen molar-refractivity contribution < 1.29 is 4.68 Å². The molecule has 0 atom stereocenters. The lowest BCUT2D eigenvalue weighted by molar-refractivity contribution is -0.751. The summed E-state index contributed by atoms with van der Waals surface area (Å²) in [5.41, 5.74) is 2.28. The second-order valence-corrected chi connectivity index (χ2v) is 3.23. The second kappa shape index (κ2) is 3.57. The lowest BCUT2D eigenvalue weighted by atomic mass is 10.2. The van der Waals surface area contributed by atoms with Crippen LogP contribution in [0.2, 0.25) is 0 Å². The first-order valence-electron chi connectivity index (χ1n) is 4.68. The van der Waals surface area contributed by atoms with Gasteiger partial charge in [-0.15, -0.1) is 4.68 Å². The van der Waals surface area contributed by atoms with Crippen molar-refractivity contribution in [2.75, 3.05) is 0 Å². The van der Waals surface area contributed by atoms with E-state index in [9.17, 15) is 0 Å². The molecule has 0 saturated carbocycles. The van der Waals surface area contributed by atoms with E-state index in [1.807, 2.05) is 25.4 Å². The minimum Gasteiger partial charge on any atom is -0.140 e. The molecule has 1 aromatic carbocycles. The van der Waals surface area contributed by atoms with Gasteiger partial charge in [0, 0.05) is 0 Å². The van der Waals surface area contributed by atoms with Gasteiger partial charge in [-0.05, 0) is 26.0 Å². The molecule has 0 N–H and O–H groups in total. The average molecular weight is 189 g/mol. The van der Waals surface area contributed by atoms with E-state index in [0.717, 1.165) is 12.2 Å². The molecular formula is C10H13N4+. The third kappa shape index (κ3) is 1.64. The highest BCUT2D eigenvalue weighted by atomic mass is 15.6. The molecule has 0 aliphatic heterocycles. The van der Waals surface area contributed by atoms with Gasteiger partial charge in [0.2, 0.25) is 6.33 Å². The van der Waals surface area contributed by atoms with Gasteiger partial charge in [0.25, 0.3) is 0 Å². The van der Waals surface area contributed by atoms with Gasteiger partial charge in [-0.2, -0.15) is 0 Å². The smallest absolute Gasteiger partial charge is 0.140 e. The molecule has 0 saturated heterocycles. The Labute approximate surface area is 82.8 Å². The number of aromatic nitrogens is 4. The van der Waals surface area contributed by atoms with Crippen molar-refractivity contribution in [1.82, 2.24) is 15.1 Å². The quantitative estimate of drug-likeness (QED) is 0.657. The third-order valence-corrected chi connectivity index (χ3v) is 2.12. The lowest BCUT2D eigenvalue weighted by Crippen LogP contribution is -2.33. The van der Waals surface area contributed by atoms with E-state index >= 15 is 0 Å². The van der Waals surface area contributed by atoms with Gasteiger partial charge in [-0.25, -0.2) is 0 Å². The Bertz CT molecular complexity index is 416. The van der Waals surface area contributed by atoms with Gasteiger partial charge in [-0.1, -0.05) is 22.4 Å². The highest BCUT2D eigenvalue weighted by Crippen LogP contribution is 2.05. The van der Waals surface area contributed by atoms with E-state index in [0.29, 0.717) is 0 Å². The molecule has 0 bridgehead atoms. The Morgan fingerprint density at radius 3 is 2.57 bits per heavy atom. The summed E-state index contributed by atoms with van der Waals surface area (Å²) in [5, 5.41) is 7.98. The van der Waals surface area contributed by atoms with Crippen molar-refractivity contribution in [3.63, 3.8) is 0 Å². The molecule has 2 rings (SSSR count). The standard InChI is InChI=1S/C10H13N4/c1-3-13-8-14(12-11-13)10-6-4-9(2)5-7-10/h4-8H,3H2,1-2H3/q+1. The first kappa shape index (κ1) is 8.87. The van der Waals surface area contributed by atoms with Crippen LogP contribution < -0.4 is 4.68 Å². The van der Waals surface area contributed by atoms with Crippen LogP contribution in [0.25, 0.3) is 5.69 Å². The summed E-state index contributed by atoms with van der Waals surface area (Å²) >= 11 is 0. The summed E-state index contributed by atoms with van der Waals surface area (Å²) in [6.45, 7) is 4.94. The van der Waals surface area contributed by atoms with Crippen LogP contribution in [0, 0.1) is 6.92 Å². The predicted molar refractivity (Wildman–Crippen MR) is 52.0 cm³/mol. The summed E-state index contributed by atoms with van der Waals surface area (Å²) in [6, 6.07) is 8.19. The van der Waals surface area contributed by atoms with Crippen molar-refractivity contribution in [3.8, 4) is 5.69 Å². The lowest BCUT2D eigenvalue weighted by Gasteiger charge is -1.92. The van der Waals surface area contributed by atoms with E-state index < -0.39 is 0 Å². The SMILES string of the molecule is CC[n+]1cn(-c2ccc(C)cc2)nn1. The number of hydrogen-bond acceptors (Lipinski definition) is 2. The van der Waals surface area contributed by atoms with Gasteiger partial charge >= 0.3 is 0 Å². The number of rotatable bonds is 2. The fraction of sp³-hybridized carbons (Fsp3) is 0.300. The van der Waals surface area contributed by atoms with Crippen LogP contribution >= 0.6 is 0 Å². The summed E-state index contributed by atoms with van der Waals surface area (Å²) < 4.78 is 3.56. The molecule has 0 amide bonds. The van der Waals surface area contributed by atoms with E-state index in [2.05, 4.69) is 29.5 Å². The first-order chi connectivity index (χ1) is 6.79. The third-order valence-electron chi connectivity index (χ3n) is 2.12. The van der Waals surface area contributed by atoms with Gasteiger partial charge < -0.3 is 0 Å². The maximum absolute atomic E-state index is 4.02. The normalized spacial score (nSPS) is 10.4. The summed E-state index contributed by atoms with van der Waals surface area (Å²) in [7, 11) is 0. The van der Waals surface area contributed by atoms with E-state index in [1.54, 1.807) is 9.36 Å². The zero-order chi connectivity index (χ0) is 9.97. The van der Waals surface area contributed by atoms with Gasteiger partial charge in [-0.3, -0.25) is 0 Å². The average Bonchev–Trinajstić information content (AvgIpc) is 2.67. The Hall–Kier alpha value is -1.71. The Kier molecular flexibility index (Phi) is 2.26. The minimum absolute atomic E-state index is 0.839. The highest BCUT2D eigenvalue weighted by molar-refractivity contribution is 5.32. The molecular weight excluding hydrogens is 176 g/mol. The van der Waals surface area contributed by atoms with Crippen molar-refractivity contribution in [3.05, 3.63) is 36.2 Å². The Morgan fingerprint density at radius 1 is 1.29 bits per heavy atom. The van der Waals surface area contributed by atoms with E-state index in [1.165, 1.54) is 5.56 Å². The van der Waals surface area contributed by atoms with Crippen LogP contribution in [0.15, 0.2) is 30.6 Å². The Balaban J connectivity index is 2.34. The first-order valence-corrected chi connectivity index (χ1v) is 4.68. The van der Waals surface area contributed by atoms with Crippen LogP contribution in [-0.4, -0.2) is 15.1 Å².